The minimum absolute atomic E-state index is 0.0544. The Morgan fingerprint density at radius 1 is 1.35 bits per heavy atom. The smallest absolute Gasteiger partial charge is 0.230 e. The first-order valence-corrected chi connectivity index (χ1v) is 7.15. The predicted molar refractivity (Wildman–Crippen MR) is 80.4 cm³/mol. The molecule has 0 saturated heterocycles. The molecule has 1 unspecified atom stereocenters. The molecule has 3 N–H and O–H groups in total. The highest BCUT2D eigenvalue weighted by atomic mass is 16.5. The van der Waals surface area contributed by atoms with Gasteiger partial charge in [0.2, 0.25) is 5.91 Å². The first-order valence-electron chi connectivity index (χ1n) is 7.15. The van der Waals surface area contributed by atoms with Gasteiger partial charge in [-0.05, 0) is 36.5 Å². The van der Waals surface area contributed by atoms with Crippen molar-refractivity contribution < 1.29 is 9.53 Å². The van der Waals surface area contributed by atoms with Crippen LogP contribution in [0.3, 0.4) is 0 Å². The van der Waals surface area contributed by atoms with E-state index >= 15 is 0 Å². The van der Waals surface area contributed by atoms with Crippen LogP contribution < -0.4 is 11.1 Å². The zero-order valence-electron chi connectivity index (χ0n) is 12.5. The second-order valence-electron chi connectivity index (χ2n) is 5.98. The molecule has 1 saturated carbocycles. The molecule has 1 aliphatic rings. The van der Waals surface area contributed by atoms with Gasteiger partial charge in [-0.25, -0.2) is 0 Å². The highest BCUT2D eigenvalue weighted by Crippen LogP contribution is 2.48. The van der Waals surface area contributed by atoms with E-state index < -0.39 is 0 Å². The van der Waals surface area contributed by atoms with Crippen LogP contribution in [0.4, 0.5) is 5.69 Å². The normalized spacial score (nSPS) is 17.8. The van der Waals surface area contributed by atoms with Gasteiger partial charge >= 0.3 is 0 Å². The van der Waals surface area contributed by atoms with Crippen molar-refractivity contribution >= 4 is 11.6 Å². The number of anilines is 1. The number of benzene rings is 1. The van der Waals surface area contributed by atoms with Gasteiger partial charge in [0.15, 0.2) is 0 Å². The number of rotatable bonds is 6. The third-order valence-electron chi connectivity index (χ3n) is 4.12. The van der Waals surface area contributed by atoms with E-state index in [0.717, 1.165) is 24.1 Å². The zero-order chi connectivity index (χ0) is 14.8. The van der Waals surface area contributed by atoms with E-state index in [-0.39, 0.29) is 17.4 Å². The summed E-state index contributed by atoms with van der Waals surface area (Å²) in [5, 5.41) is 3.14. The van der Waals surface area contributed by atoms with E-state index in [2.05, 4.69) is 19.2 Å². The van der Waals surface area contributed by atoms with Crippen LogP contribution in [-0.4, -0.2) is 25.7 Å². The molecule has 0 radical (unpaired) electrons. The van der Waals surface area contributed by atoms with Crippen molar-refractivity contribution in [3.8, 4) is 0 Å². The average molecular weight is 276 g/mol. The van der Waals surface area contributed by atoms with Gasteiger partial charge in [0.25, 0.3) is 0 Å². The molecule has 0 bridgehead atoms. The molecule has 1 atom stereocenters. The standard InChI is InChI=1S/C16H24N2O2/c1-11(2)14(10-20-3)18-15(19)16(8-9-16)12-4-6-13(17)7-5-12/h4-7,11,14H,8-10,17H2,1-3H3,(H,18,19). The second kappa shape index (κ2) is 5.83. The van der Waals surface area contributed by atoms with Gasteiger partial charge < -0.3 is 15.8 Å². The molecule has 1 aromatic rings. The number of ether oxygens (including phenoxy) is 1. The van der Waals surface area contributed by atoms with Crippen LogP contribution in [0.15, 0.2) is 24.3 Å². The maximum absolute atomic E-state index is 12.6. The Morgan fingerprint density at radius 3 is 2.40 bits per heavy atom. The lowest BCUT2D eigenvalue weighted by atomic mass is 9.93. The first-order chi connectivity index (χ1) is 9.49. The van der Waals surface area contributed by atoms with Crippen LogP contribution in [0.2, 0.25) is 0 Å². The fourth-order valence-electron chi connectivity index (χ4n) is 2.46. The van der Waals surface area contributed by atoms with Gasteiger partial charge in [-0.3, -0.25) is 4.79 Å². The SMILES string of the molecule is COCC(NC(=O)C1(c2ccc(N)cc2)CC1)C(C)C. The van der Waals surface area contributed by atoms with Crippen LogP contribution in [0, 0.1) is 5.92 Å². The van der Waals surface area contributed by atoms with E-state index in [9.17, 15) is 4.79 Å². The fraction of sp³-hybridized carbons (Fsp3) is 0.562. The minimum atomic E-state index is -0.353. The summed E-state index contributed by atoms with van der Waals surface area (Å²) in [6.07, 6.45) is 1.81. The molecule has 1 aliphatic carbocycles. The summed E-state index contributed by atoms with van der Waals surface area (Å²) in [5.41, 5.74) is 7.14. The molecule has 2 rings (SSSR count). The molecule has 0 aromatic heterocycles. The molecule has 0 heterocycles. The minimum Gasteiger partial charge on any atom is -0.399 e. The first kappa shape index (κ1) is 14.9. The molecule has 0 spiro atoms. The quantitative estimate of drug-likeness (QED) is 0.782. The van der Waals surface area contributed by atoms with Crippen LogP contribution >= 0.6 is 0 Å². The van der Waals surface area contributed by atoms with E-state index in [0.29, 0.717) is 12.5 Å². The highest BCUT2D eigenvalue weighted by molar-refractivity contribution is 5.91. The summed E-state index contributed by atoms with van der Waals surface area (Å²) < 4.78 is 5.19. The Kier molecular flexibility index (Phi) is 4.33. The Balaban J connectivity index is 2.10. The summed E-state index contributed by atoms with van der Waals surface area (Å²) in [7, 11) is 1.66. The Labute approximate surface area is 120 Å². The van der Waals surface area contributed by atoms with Gasteiger partial charge in [-0.1, -0.05) is 26.0 Å². The van der Waals surface area contributed by atoms with Crippen molar-refractivity contribution in [1.82, 2.24) is 5.32 Å². The fourth-order valence-corrected chi connectivity index (χ4v) is 2.46. The number of hydrogen-bond donors (Lipinski definition) is 2. The molecule has 4 heteroatoms. The topological polar surface area (TPSA) is 64.3 Å². The molecule has 110 valence electrons. The molecule has 1 amide bonds. The molecule has 20 heavy (non-hydrogen) atoms. The van der Waals surface area contributed by atoms with Crippen molar-refractivity contribution in [2.75, 3.05) is 19.5 Å². The second-order valence-corrected chi connectivity index (χ2v) is 5.98. The van der Waals surface area contributed by atoms with Crippen molar-refractivity contribution in [3.05, 3.63) is 29.8 Å². The third kappa shape index (κ3) is 2.96. The summed E-state index contributed by atoms with van der Waals surface area (Å²) in [6.45, 7) is 4.72. The van der Waals surface area contributed by atoms with Crippen LogP contribution in [0.1, 0.15) is 32.3 Å². The molecule has 4 nitrogen and oxygen atoms in total. The molecule has 0 aliphatic heterocycles. The average Bonchev–Trinajstić information content (AvgIpc) is 3.20. The predicted octanol–water partition coefficient (Wildman–Crippen LogP) is 2.09. The van der Waals surface area contributed by atoms with Crippen LogP contribution in [0.5, 0.6) is 0 Å². The van der Waals surface area contributed by atoms with Crippen molar-refractivity contribution in [3.63, 3.8) is 0 Å². The van der Waals surface area contributed by atoms with Crippen molar-refractivity contribution in [1.29, 1.82) is 0 Å². The monoisotopic (exact) mass is 276 g/mol. The lowest BCUT2D eigenvalue weighted by Crippen LogP contribution is -2.46. The van der Waals surface area contributed by atoms with E-state index in [1.54, 1.807) is 7.11 Å². The number of nitrogens with two attached hydrogens (primary N) is 1. The summed E-state index contributed by atoms with van der Waals surface area (Å²) >= 11 is 0. The van der Waals surface area contributed by atoms with Crippen molar-refractivity contribution in [2.45, 2.75) is 38.1 Å². The molecular formula is C16H24N2O2. The van der Waals surface area contributed by atoms with Gasteiger partial charge in [0, 0.05) is 12.8 Å². The van der Waals surface area contributed by atoms with Gasteiger partial charge in [-0.15, -0.1) is 0 Å². The number of nitrogens with one attached hydrogen (secondary N) is 1. The third-order valence-corrected chi connectivity index (χ3v) is 4.12. The number of methoxy groups -OCH3 is 1. The van der Waals surface area contributed by atoms with E-state index in [4.69, 9.17) is 10.5 Å². The number of nitrogen functional groups attached to an aromatic ring is 1. The highest BCUT2D eigenvalue weighted by Gasteiger charge is 2.51. The Morgan fingerprint density at radius 2 is 1.95 bits per heavy atom. The van der Waals surface area contributed by atoms with E-state index in [1.165, 1.54) is 0 Å². The summed E-state index contributed by atoms with van der Waals surface area (Å²) in [4.78, 5) is 12.6. The molecule has 1 aromatic carbocycles. The van der Waals surface area contributed by atoms with Gasteiger partial charge in [0.1, 0.15) is 0 Å². The van der Waals surface area contributed by atoms with Crippen molar-refractivity contribution in [2.24, 2.45) is 5.92 Å². The maximum atomic E-state index is 12.6. The van der Waals surface area contributed by atoms with Crippen LogP contribution in [0.25, 0.3) is 0 Å². The van der Waals surface area contributed by atoms with Gasteiger partial charge in [-0.2, -0.15) is 0 Å². The number of carbonyl (C=O) groups is 1. The Bertz CT molecular complexity index is 464. The maximum Gasteiger partial charge on any atom is 0.230 e. The largest absolute Gasteiger partial charge is 0.399 e. The Hall–Kier alpha value is -1.55. The number of amides is 1. The molecule has 1 fully saturated rings. The number of hydrogen-bond acceptors (Lipinski definition) is 3. The lowest BCUT2D eigenvalue weighted by molar-refractivity contribution is -0.125. The summed E-state index contributed by atoms with van der Waals surface area (Å²) in [5.74, 6) is 0.458. The van der Waals surface area contributed by atoms with E-state index in [1.807, 2.05) is 24.3 Å². The van der Waals surface area contributed by atoms with Gasteiger partial charge in [0.05, 0.1) is 18.1 Å². The van der Waals surface area contributed by atoms with Crippen LogP contribution in [-0.2, 0) is 14.9 Å². The molecular weight excluding hydrogens is 252 g/mol. The summed E-state index contributed by atoms with van der Waals surface area (Å²) in [6, 6.07) is 7.69. The number of carbonyl (C=O) groups excluding carboxylic acids is 1. The zero-order valence-corrected chi connectivity index (χ0v) is 12.5. The lowest BCUT2D eigenvalue weighted by Gasteiger charge is -2.25.